The number of ether oxygens (including phenoxy) is 3. The Hall–Kier alpha value is -3.19. The fourth-order valence-corrected chi connectivity index (χ4v) is 3.80. The van der Waals surface area contributed by atoms with Crippen molar-refractivity contribution in [3.63, 3.8) is 0 Å². The van der Waals surface area contributed by atoms with Crippen LogP contribution in [0.2, 0.25) is 0 Å². The first kappa shape index (κ1) is 29.4. The number of anilines is 1. The van der Waals surface area contributed by atoms with Crippen molar-refractivity contribution in [1.29, 1.82) is 0 Å². The number of nitrogens with zero attached hydrogens (tertiary/aromatic N) is 3. The van der Waals surface area contributed by atoms with Crippen LogP contribution in [0.1, 0.15) is 33.5 Å². The van der Waals surface area contributed by atoms with Gasteiger partial charge in [-0.25, -0.2) is 14.4 Å². The molecule has 0 fully saturated rings. The van der Waals surface area contributed by atoms with Crippen molar-refractivity contribution in [2.75, 3.05) is 44.9 Å². The Morgan fingerprint density at radius 1 is 1.11 bits per heavy atom. The number of hydrogen-bond acceptors (Lipinski definition) is 8. The van der Waals surface area contributed by atoms with E-state index in [2.05, 4.69) is 20.6 Å². The van der Waals surface area contributed by atoms with E-state index in [9.17, 15) is 19.1 Å². The summed E-state index contributed by atoms with van der Waals surface area (Å²) in [5.74, 6) is -0.917. The lowest BCUT2D eigenvalue weighted by atomic mass is 10.1. The first-order valence-electron chi connectivity index (χ1n) is 12.6. The minimum absolute atomic E-state index is 0.0733. The monoisotopic (exact) mass is 533 g/mol. The largest absolute Gasteiger partial charge is 0.389 e. The molecule has 0 aliphatic carbocycles. The highest BCUT2D eigenvalue weighted by Gasteiger charge is 2.25. The SMILES string of the molecule is CCOCCOCC(=O)NC[C@@H](F)C(=O)Nc1nc2ccccc2c2c1nc(COCC)n2CC(C)(C)O. The van der Waals surface area contributed by atoms with Crippen molar-refractivity contribution in [2.24, 2.45) is 0 Å². The summed E-state index contributed by atoms with van der Waals surface area (Å²) in [7, 11) is 0. The van der Waals surface area contributed by atoms with Crippen LogP contribution in [-0.2, 0) is 37.0 Å². The van der Waals surface area contributed by atoms with E-state index in [-0.39, 0.29) is 32.2 Å². The van der Waals surface area contributed by atoms with Crippen LogP contribution in [0.15, 0.2) is 24.3 Å². The standard InChI is InChI=1S/C26H36FN5O6/c1-5-36-11-12-38-15-21(33)28-13-18(27)25(34)31-24-22-23(17-9-7-8-10-19(17)29-24)32(16-26(3,4)35)20(30-22)14-37-6-2/h7-10,18,35H,5-6,11-16H2,1-4H3,(H,28,33)(H,29,31,34)/t18-/m1/s1. The van der Waals surface area contributed by atoms with Gasteiger partial charge in [0.15, 0.2) is 12.0 Å². The molecular weight excluding hydrogens is 497 g/mol. The van der Waals surface area contributed by atoms with Crippen molar-refractivity contribution >= 4 is 39.6 Å². The Balaban J connectivity index is 1.83. The van der Waals surface area contributed by atoms with Gasteiger partial charge in [-0.1, -0.05) is 18.2 Å². The zero-order valence-corrected chi connectivity index (χ0v) is 22.3. The molecule has 1 aromatic carbocycles. The molecule has 208 valence electrons. The van der Waals surface area contributed by atoms with Crippen LogP contribution >= 0.6 is 0 Å². The molecule has 0 spiro atoms. The normalized spacial score (nSPS) is 12.7. The maximum absolute atomic E-state index is 14.7. The molecule has 1 atom stereocenters. The Morgan fingerprint density at radius 3 is 2.53 bits per heavy atom. The van der Waals surface area contributed by atoms with E-state index in [0.717, 1.165) is 5.39 Å². The molecule has 11 nitrogen and oxygen atoms in total. The second-order valence-corrected chi connectivity index (χ2v) is 9.25. The van der Waals surface area contributed by atoms with Gasteiger partial charge in [-0.15, -0.1) is 0 Å². The summed E-state index contributed by atoms with van der Waals surface area (Å²) >= 11 is 0. The van der Waals surface area contributed by atoms with Crippen LogP contribution in [0.3, 0.4) is 0 Å². The number of carbonyl (C=O) groups is 2. The van der Waals surface area contributed by atoms with E-state index in [1.54, 1.807) is 26.0 Å². The van der Waals surface area contributed by atoms with Gasteiger partial charge < -0.3 is 34.5 Å². The van der Waals surface area contributed by atoms with E-state index >= 15 is 0 Å². The first-order chi connectivity index (χ1) is 18.1. The summed E-state index contributed by atoms with van der Waals surface area (Å²) in [6, 6.07) is 7.29. The number of aliphatic hydroxyl groups is 1. The second-order valence-electron chi connectivity index (χ2n) is 9.25. The third-order valence-corrected chi connectivity index (χ3v) is 5.46. The van der Waals surface area contributed by atoms with Gasteiger partial charge in [-0.05, 0) is 33.8 Å². The Bertz CT molecular complexity index is 1240. The zero-order chi connectivity index (χ0) is 27.7. The topological polar surface area (TPSA) is 137 Å². The van der Waals surface area contributed by atoms with Gasteiger partial charge in [0, 0.05) is 18.6 Å². The number of amides is 2. The number of imidazole rings is 1. The fourth-order valence-electron chi connectivity index (χ4n) is 3.80. The zero-order valence-electron chi connectivity index (χ0n) is 22.3. The van der Waals surface area contributed by atoms with Gasteiger partial charge in [0.25, 0.3) is 5.91 Å². The number of halogens is 1. The fraction of sp³-hybridized carbons (Fsp3) is 0.538. The maximum Gasteiger partial charge on any atom is 0.261 e. The average Bonchev–Trinajstić information content (AvgIpc) is 3.22. The molecule has 3 aromatic rings. The van der Waals surface area contributed by atoms with Crippen LogP contribution in [0, 0.1) is 0 Å². The highest BCUT2D eigenvalue weighted by Crippen LogP contribution is 2.31. The summed E-state index contributed by atoms with van der Waals surface area (Å²) in [6.07, 6.45) is -2.04. The van der Waals surface area contributed by atoms with Crippen molar-refractivity contribution in [2.45, 2.75) is 52.6 Å². The number of carbonyl (C=O) groups excluding carboxylic acids is 2. The quantitative estimate of drug-likeness (QED) is 0.253. The van der Waals surface area contributed by atoms with Crippen LogP contribution in [0.25, 0.3) is 21.9 Å². The average molecular weight is 534 g/mol. The van der Waals surface area contributed by atoms with E-state index in [1.165, 1.54) is 0 Å². The lowest BCUT2D eigenvalue weighted by Gasteiger charge is -2.20. The van der Waals surface area contributed by atoms with Gasteiger partial charge in [-0.3, -0.25) is 9.59 Å². The molecule has 0 radical (unpaired) electrons. The Labute approximate surface area is 220 Å². The molecule has 3 rings (SSSR count). The van der Waals surface area contributed by atoms with Crippen LogP contribution < -0.4 is 10.6 Å². The van der Waals surface area contributed by atoms with E-state index < -0.39 is 30.1 Å². The molecule has 0 unspecified atom stereocenters. The third kappa shape index (κ3) is 7.90. The van der Waals surface area contributed by atoms with Crippen molar-refractivity contribution in [3.8, 4) is 0 Å². The van der Waals surface area contributed by atoms with Crippen LogP contribution in [-0.4, -0.2) is 82.8 Å². The highest BCUT2D eigenvalue weighted by molar-refractivity contribution is 6.10. The number of aromatic nitrogens is 3. The smallest absolute Gasteiger partial charge is 0.261 e. The van der Waals surface area contributed by atoms with Crippen LogP contribution in [0.4, 0.5) is 10.2 Å². The summed E-state index contributed by atoms with van der Waals surface area (Å²) in [5, 5.41) is 16.2. The number of alkyl halides is 1. The number of nitrogens with one attached hydrogen (secondary N) is 2. The summed E-state index contributed by atoms with van der Waals surface area (Å²) in [6.45, 7) is 8.24. The first-order valence-corrected chi connectivity index (χ1v) is 12.6. The predicted molar refractivity (Wildman–Crippen MR) is 141 cm³/mol. The molecule has 0 aliphatic heterocycles. The minimum Gasteiger partial charge on any atom is -0.389 e. The summed E-state index contributed by atoms with van der Waals surface area (Å²) < 4.78 is 32.4. The molecule has 0 bridgehead atoms. The van der Waals surface area contributed by atoms with Gasteiger partial charge in [0.2, 0.25) is 5.91 Å². The van der Waals surface area contributed by atoms with Crippen molar-refractivity contribution in [3.05, 3.63) is 30.1 Å². The third-order valence-electron chi connectivity index (χ3n) is 5.46. The minimum atomic E-state index is -2.04. The second kappa shape index (κ2) is 13.6. The molecular formula is C26H36FN5O6. The number of fused-ring (bicyclic) bond motifs is 3. The van der Waals surface area contributed by atoms with Gasteiger partial charge in [0.1, 0.15) is 24.6 Å². The molecule has 2 amide bonds. The molecule has 38 heavy (non-hydrogen) atoms. The van der Waals surface area contributed by atoms with Crippen molar-refractivity contribution in [1.82, 2.24) is 19.9 Å². The lowest BCUT2D eigenvalue weighted by molar-refractivity contribution is -0.127. The van der Waals surface area contributed by atoms with Crippen molar-refractivity contribution < 1.29 is 33.3 Å². The molecule has 2 heterocycles. The molecule has 0 saturated heterocycles. The summed E-state index contributed by atoms with van der Waals surface area (Å²) in [4.78, 5) is 33.8. The van der Waals surface area contributed by atoms with E-state index in [4.69, 9.17) is 14.2 Å². The number of para-hydroxylation sites is 1. The lowest BCUT2D eigenvalue weighted by Crippen LogP contribution is -2.38. The molecule has 12 heteroatoms. The maximum atomic E-state index is 14.7. The molecule has 0 aliphatic rings. The van der Waals surface area contributed by atoms with E-state index in [1.807, 2.05) is 30.5 Å². The van der Waals surface area contributed by atoms with E-state index in [0.29, 0.717) is 42.2 Å². The van der Waals surface area contributed by atoms with Crippen LogP contribution in [0.5, 0.6) is 0 Å². The predicted octanol–water partition coefficient (Wildman–Crippen LogP) is 2.34. The molecule has 3 N–H and O–H groups in total. The van der Waals surface area contributed by atoms with Gasteiger partial charge >= 0.3 is 0 Å². The molecule has 2 aromatic heterocycles. The van der Waals surface area contributed by atoms with Gasteiger partial charge in [-0.2, -0.15) is 0 Å². The Kier molecular flexibility index (Phi) is 10.5. The Morgan fingerprint density at radius 2 is 1.82 bits per heavy atom. The molecule has 0 saturated carbocycles. The summed E-state index contributed by atoms with van der Waals surface area (Å²) in [5.41, 5.74) is 0.464. The number of hydrogen-bond donors (Lipinski definition) is 3. The highest BCUT2D eigenvalue weighted by atomic mass is 19.1. The number of pyridine rings is 1. The number of benzene rings is 1. The van der Waals surface area contributed by atoms with Gasteiger partial charge in [0.05, 0.1) is 42.9 Å². The number of rotatable bonds is 15.